The lowest BCUT2D eigenvalue weighted by Gasteiger charge is -2.17. The molecule has 1 amide bonds. The van der Waals surface area contributed by atoms with Crippen LogP contribution in [0.25, 0.3) is 0 Å². The van der Waals surface area contributed by atoms with Gasteiger partial charge < -0.3 is 20.7 Å². The highest BCUT2D eigenvalue weighted by Gasteiger charge is 2.42. The van der Waals surface area contributed by atoms with Crippen molar-refractivity contribution in [3.63, 3.8) is 0 Å². The minimum Gasteiger partial charge on any atom is -0.397 e. The number of nitrogens with one attached hydrogen (secondary N) is 1. The third kappa shape index (κ3) is 3.88. The molecule has 5 heteroatoms. The summed E-state index contributed by atoms with van der Waals surface area (Å²) in [6, 6.07) is 5.43. The van der Waals surface area contributed by atoms with Crippen molar-refractivity contribution in [1.82, 2.24) is 5.32 Å². The summed E-state index contributed by atoms with van der Waals surface area (Å²) in [5, 5.41) is 3.02. The molecule has 0 bridgehead atoms. The van der Waals surface area contributed by atoms with E-state index in [0.29, 0.717) is 17.8 Å². The second-order valence-corrected chi connectivity index (χ2v) is 6.09. The van der Waals surface area contributed by atoms with Crippen molar-refractivity contribution in [1.29, 1.82) is 0 Å². The minimum absolute atomic E-state index is 0.0595. The molecule has 0 saturated heterocycles. The van der Waals surface area contributed by atoms with Gasteiger partial charge in [-0.2, -0.15) is 0 Å². The molecule has 0 heterocycles. The van der Waals surface area contributed by atoms with Crippen LogP contribution in [0.4, 0.5) is 11.4 Å². The van der Waals surface area contributed by atoms with Gasteiger partial charge in [0.2, 0.25) is 0 Å². The van der Waals surface area contributed by atoms with Crippen molar-refractivity contribution in [3.05, 3.63) is 23.8 Å². The van der Waals surface area contributed by atoms with E-state index in [-0.39, 0.29) is 11.3 Å². The third-order valence-corrected chi connectivity index (χ3v) is 4.19. The number of amides is 1. The summed E-state index contributed by atoms with van der Waals surface area (Å²) in [5.41, 5.74) is 8.38. The topological polar surface area (TPSA) is 67.6 Å². The maximum absolute atomic E-state index is 12.2. The molecule has 1 aromatic rings. The second kappa shape index (κ2) is 6.35. The monoisotopic (exact) mass is 291 g/mol. The number of benzene rings is 1. The number of nitrogens with two attached hydrogens (primary N) is 1. The second-order valence-electron chi connectivity index (χ2n) is 6.09. The number of nitrogen functional groups attached to an aromatic ring is 1. The molecule has 3 N–H and O–H groups in total. The molecular weight excluding hydrogens is 266 g/mol. The van der Waals surface area contributed by atoms with Crippen LogP contribution in [0.1, 0.15) is 29.6 Å². The molecule has 1 saturated carbocycles. The standard InChI is InChI=1S/C16H25N3O2/c1-19(2)14-5-4-12(10-13(14)17)15(20)18-11-16(6-7-16)8-9-21-3/h4-5,10H,6-9,11,17H2,1-3H3,(H,18,20). The maximum atomic E-state index is 12.2. The van der Waals surface area contributed by atoms with E-state index in [1.807, 2.05) is 31.1 Å². The van der Waals surface area contributed by atoms with Gasteiger partial charge in [0.25, 0.3) is 5.91 Å². The lowest BCUT2D eigenvalue weighted by atomic mass is 10.0. The average Bonchev–Trinajstić information content (AvgIpc) is 3.22. The maximum Gasteiger partial charge on any atom is 0.251 e. The van der Waals surface area contributed by atoms with E-state index in [9.17, 15) is 4.79 Å². The summed E-state index contributed by atoms with van der Waals surface area (Å²) in [4.78, 5) is 14.1. The lowest BCUT2D eigenvalue weighted by molar-refractivity contribution is 0.0938. The number of hydrogen-bond donors (Lipinski definition) is 2. The molecule has 1 aliphatic carbocycles. The van der Waals surface area contributed by atoms with Gasteiger partial charge in [-0.25, -0.2) is 0 Å². The molecule has 116 valence electrons. The summed E-state index contributed by atoms with van der Waals surface area (Å²) in [6.45, 7) is 1.46. The fraction of sp³-hybridized carbons (Fsp3) is 0.562. The van der Waals surface area contributed by atoms with Crippen molar-refractivity contribution >= 4 is 17.3 Å². The molecule has 1 aromatic carbocycles. The molecule has 0 spiro atoms. The van der Waals surface area contributed by atoms with Crippen LogP contribution >= 0.6 is 0 Å². The van der Waals surface area contributed by atoms with Gasteiger partial charge in [-0.1, -0.05) is 0 Å². The lowest BCUT2D eigenvalue weighted by Crippen LogP contribution is -2.31. The van der Waals surface area contributed by atoms with E-state index in [0.717, 1.165) is 18.7 Å². The number of nitrogens with zero attached hydrogens (tertiary/aromatic N) is 1. The molecule has 0 aromatic heterocycles. The fourth-order valence-corrected chi connectivity index (χ4v) is 2.48. The summed E-state index contributed by atoms with van der Waals surface area (Å²) in [6.07, 6.45) is 3.34. The average molecular weight is 291 g/mol. The number of anilines is 2. The quantitative estimate of drug-likeness (QED) is 0.753. The Bertz CT molecular complexity index is 510. The van der Waals surface area contributed by atoms with Crippen LogP contribution in [0.3, 0.4) is 0 Å². The molecule has 1 aliphatic rings. The normalized spacial score (nSPS) is 15.6. The fourth-order valence-electron chi connectivity index (χ4n) is 2.48. The minimum atomic E-state index is -0.0595. The highest BCUT2D eigenvalue weighted by molar-refractivity contribution is 5.96. The van der Waals surface area contributed by atoms with E-state index >= 15 is 0 Å². The Balaban J connectivity index is 1.93. The van der Waals surface area contributed by atoms with Crippen molar-refractivity contribution in [3.8, 4) is 0 Å². The van der Waals surface area contributed by atoms with Gasteiger partial charge in [-0.3, -0.25) is 4.79 Å². The van der Waals surface area contributed by atoms with Gasteiger partial charge in [0.05, 0.1) is 11.4 Å². The van der Waals surface area contributed by atoms with E-state index in [1.165, 1.54) is 12.8 Å². The van der Waals surface area contributed by atoms with E-state index < -0.39 is 0 Å². The highest BCUT2D eigenvalue weighted by Crippen LogP contribution is 2.48. The SMILES string of the molecule is COCCC1(CNC(=O)c2ccc(N(C)C)c(N)c2)CC1. The Morgan fingerprint density at radius 3 is 2.67 bits per heavy atom. The number of rotatable bonds is 7. The van der Waals surface area contributed by atoms with Crippen LogP contribution in [-0.2, 0) is 4.74 Å². The van der Waals surface area contributed by atoms with Gasteiger partial charge >= 0.3 is 0 Å². The van der Waals surface area contributed by atoms with E-state index in [4.69, 9.17) is 10.5 Å². The molecule has 0 aliphatic heterocycles. The van der Waals surface area contributed by atoms with Crippen molar-refractivity contribution in [2.24, 2.45) is 5.41 Å². The number of methoxy groups -OCH3 is 1. The summed E-state index contributed by atoms with van der Waals surface area (Å²) >= 11 is 0. The summed E-state index contributed by atoms with van der Waals surface area (Å²) in [7, 11) is 5.57. The Kier molecular flexibility index (Phi) is 4.73. The molecule has 21 heavy (non-hydrogen) atoms. The van der Waals surface area contributed by atoms with Crippen LogP contribution in [0.5, 0.6) is 0 Å². The van der Waals surface area contributed by atoms with Gasteiger partial charge in [0.15, 0.2) is 0 Å². The molecule has 0 radical (unpaired) electrons. The summed E-state index contributed by atoms with van der Waals surface area (Å²) < 4.78 is 5.13. The van der Waals surface area contributed by atoms with Gasteiger partial charge in [-0.05, 0) is 42.9 Å². The first-order chi connectivity index (χ1) is 9.97. The number of ether oxygens (including phenoxy) is 1. The smallest absolute Gasteiger partial charge is 0.251 e. The zero-order valence-corrected chi connectivity index (χ0v) is 13.1. The first kappa shape index (κ1) is 15.6. The van der Waals surface area contributed by atoms with Crippen LogP contribution < -0.4 is 16.0 Å². The van der Waals surface area contributed by atoms with Gasteiger partial charge in [0, 0.05) is 39.9 Å². The zero-order valence-electron chi connectivity index (χ0n) is 13.1. The van der Waals surface area contributed by atoms with Crippen LogP contribution in [0.2, 0.25) is 0 Å². The van der Waals surface area contributed by atoms with Gasteiger partial charge in [-0.15, -0.1) is 0 Å². The predicted octanol–water partition coefficient (Wildman–Crippen LogP) is 1.88. The largest absolute Gasteiger partial charge is 0.397 e. The van der Waals surface area contributed by atoms with Crippen molar-refractivity contribution in [2.45, 2.75) is 19.3 Å². The van der Waals surface area contributed by atoms with Crippen molar-refractivity contribution in [2.75, 3.05) is 45.0 Å². The molecular formula is C16H25N3O2. The number of carbonyl (C=O) groups excluding carboxylic acids is 1. The zero-order chi connectivity index (χ0) is 15.5. The molecule has 5 nitrogen and oxygen atoms in total. The predicted molar refractivity (Wildman–Crippen MR) is 85.7 cm³/mol. The molecule has 0 unspecified atom stereocenters. The van der Waals surface area contributed by atoms with Crippen LogP contribution in [0.15, 0.2) is 18.2 Å². The molecule has 2 rings (SSSR count). The number of hydrogen-bond acceptors (Lipinski definition) is 4. The van der Waals surface area contributed by atoms with E-state index in [2.05, 4.69) is 5.32 Å². The first-order valence-corrected chi connectivity index (χ1v) is 7.31. The van der Waals surface area contributed by atoms with Gasteiger partial charge in [0.1, 0.15) is 0 Å². The van der Waals surface area contributed by atoms with Crippen molar-refractivity contribution < 1.29 is 9.53 Å². The van der Waals surface area contributed by atoms with Crippen LogP contribution in [0, 0.1) is 5.41 Å². The van der Waals surface area contributed by atoms with E-state index in [1.54, 1.807) is 13.2 Å². The number of carbonyl (C=O) groups is 1. The van der Waals surface area contributed by atoms with Crippen LogP contribution in [-0.4, -0.2) is 40.3 Å². The first-order valence-electron chi connectivity index (χ1n) is 7.31. The Labute approximate surface area is 126 Å². The summed E-state index contributed by atoms with van der Waals surface area (Å²) in [5.74, 6) is -0.0595. The third-order valence-electron chi connectivity index (χ3n) is 4.19. The Morgan fingerprint density at radius 1 is 1.43 bits per heavy atom. The molecule has 1 fully saturated rings. The highest BCUT2D eigenvalue weighted by atomic mass is 16.5. The molecule has 0 atom stereocenters. The Morgan fingerprint density at radius 2 is 2.14 bits per heavy atom. The Hall–Kier alpha value is -1.75.